The molecule has 0 amide bonds. The van der Waals surface area contributed by atoms with E-state index in [9.17, 15) is 0 Å². The zero-order valence-corrected chi connectivity index (χ0v) is 20.3. The minimum Gasteiger partial charge on any atom is -0.493 e. The molecule has 2 aromatic carbocycles. The number of nitrogens with one attached hydrogen (secondary N) is 2. The summed E-state index contributed by atoms with van der Waals surface area (Å²) < 4.78 is 16.6. The summed E-state index contributed by atoms with van der Waals surface area (Å²) in [7, 11) is 3.22. The SMILES string of the molecule is CCNC(=NCc1cc(OC)c(OCC)c(OC)c1)NCc1ccccc1Cl.I. The van der Waals surface area contributed by atoms with E-state index in [1.807, 2.05) is 50.2 Å². The first kappa shape index (κ1) is 25.2. The average Bonchev–Trinajstić information content (AvgIpc) is 2.71. The topological polar surface area (TPSA) is 64.1 Å². The van der Waals surface area contributed by atoms with Crippen LogP contribution >= 0.6 is 35.6 Å². The lowest BCUT2D eigenvalue weighted by Gasteiger charge is -2.15. The molecule has 0 spiro atoms. The largest absolute Gasteiger partial charge is 0.493 e. The predicted molar refractivity (Wildman–Crippen MR) is 129 cm³/mol. The second kappa shape index (κ2) is 13.4. The molecule has 0 fully saturated rings. The number of hydrogen-bond acceptors (Lipinski definition) is 4. The fourth-order valence-corrected chi connectivity index (χ4v) is 2.85. The number of methoxy groups -OCH3 is 2. The third-order valence-electron chi connectivity index (χ3n) is 3.98. The van der Waals surface area contributed by atoms with Gasteiger partial charge in [-0.25, -0.2) is 4.99 Å². The predicted octanol–water partition coefficient (Wildman–Crippen LogP) is 4.63. The Balaban J connectivity index is 0.00000420. The fourth-order valence-electron chi connectivity index (χ4n) is 2.64. The summed E-state index contributed by atoms with van der Waals surface area (Å²) in [6.07, 6.45) is 0. The van der Waals surface area contributed by atoms with Crippen molar-refractivity contribution in [3.05, 3.63) is 52.5 Å². The Morgan fingerprint density at radius 3 is 2.24 bits per heavy atom. The molecule has 29 heavy (non-hydrogen) atoms. The van der Waals surface area contributed by atoms with Crippen LogP contribution < -0.4 is 24.8 Å². The highest BCUT2D eigenvalue weighted by Gasteiger charge is 2.14. The van der Waals surface area contributed by atoms with E-state index in [1.165, 1.54) is 0 Å². The van der Waals surface area contributed by atoms with Crippen molar-refractivity contribution in [2.75, 3.05) is 27.4 Å². The zero-order chi connectivity index (χ0) is 20.4. The molecule has 0 heterocycles. The highest BCUT2D eigenvalue weighted by Crippen LogP contribution is 2.38. The van der Waals surface area contributed by atoms with Crippen molar-refractivity contribution < 1.29 is 14.2 Å². The Morgan fingerprint density at radius 2 is 1.69 bits per heavy atom. The summed E-state index contributed by atoms with van der Waals surface area (Å²) in [6, 6.07) is 11.6. The van der Waals surface area contributed by atoms with Gasteiger partial charge in [0, 0.05) is 18.1 Å². The van der Waals surface area contributed by atoms with Gasteiger partial charge in [0.15, 0.2) is 17.5 Å². The molecule has 2 rings (SSSR count). The molecule has 0 unspecified atom stereocenters. The van der Waals surface area contributed by atoms with Crippen LogP contribution in [0.4, 0.5) is 0 Å². The van der Waals surface area contributed by atoms with E-state index in [2.05, 4.69) is 15.6 Å². The van der Waals surface area contributed by atoms with Crippen LogP contribution in [0.3, 0.4) is 0 Å². The van der Waals surface area contributed by atoms with Gasteiger partial charge in [0.1, 0.15) is 0 Å². The Labute approximate surface area is 195 Å². The second-order valence-electron chi connectivity index (χ2n) is 5.90. The molecule has 0 aromatic heterocycles. The van der Waals surface area contributed by atoms with Gasteiger partial charge in [-0.2, -0.15) is 0 Å². The number of nitrogens with zero attached hydrogens (tertiary/aromatic N) is 1. The number of ether oxygens (including phenoxy) is 3. The average molecular weight is 534 g/mol. The summed E-state index contributed by atoms with van der Waals surface area (Å²) in [5, 5.41) is 7.27. The second-order valence-corrected chi connectivity index (χ2v) is 6.31. The molecule has 0 saturated carbocycles. The van der Waals surface area contributed by atoms with Crippen molar-refractivity contribution in [3.63, 3.8) is 0 Å². The molecule has 2 N–H and O–H groups in total. The molecule has 0 aliphatic carbocycles. The van der Waals surface area contributed by atoms with Gasteiger partial charge in [-0.05, 0) is 43.2 Å². The van der Waals surface area contributed by atoms with Crippen molar-refractivity contribution in [1.29, 1.82) is 0 Å². The number of rotatable bonds is 9. The van der Waals surface area contributed by atoms with Crippen molar-refractivity contribution in [2.45, 2.75) is 26.9 Å². The van der Waals surface area contributed by atoms with E-state index in [-0.39, 0.29) is 24.0 Å². The first-order valence-electron chi connectivity index (χ1n) is 9.26. The van der Waals surface area contributed by atoms with Crippen LogP contribution in [0.5, 0.6) is 17.2 Å². The van der Waals surface area contributed by atoms with Crippen molar-refractivity contribution in [3.8, 4) is 17.2 Å². The monoisotopic (exact) mass is 533 g/mol. The lowest BCUT2D eigenvalue weighted by molar-refractivity contribution is 0.288. The van der Waals surface area contributed by atoms with Crippen LogP contribution in [0.15, 0.2) is 41.4 Å². The molecular formula is C21H29ClIN3O3. The number of guanidine groups is 1. The van der Waals surface area contributed by atoms with E-state index < -0.39 is 0 Å². The summed E-state index contributed by atoms with van der Waals surface area (Å²) in [6.45, 7) is 6.27. The van der Waals surface area contributed by atoms with E-state index in [0.717, 1.165) is 22.7 Å². The first-order chi connectivity index (χ1) is 13.6. The van der Waals surface area contributed by atoms with Crippen LogP contribution in [-0.4, -0.2) is 33.3 Å². The van der Waals surface area contributed by atoms with E-state index in [4.69, 9.17) is 25.8 Å². The van der Waals surface area contributed by atoms with Crippen LogP contribution in [-0.2, 0) is 13.1 Å². The van der Waals surface area contributed by atoms with Crippen LogP contribution in [0.2, 0.25) is 5.02 Å². The lowest BCUT2D eigenvalue weighted by atomic mass is 10.2. The summed E-state index contributed by atoms with van der Waals surface area (Å²) in [5.74, 6) is 2.55. The Bertz CT molecular complexity index is 777. The first-order valence-corrected chi connectivity index (χ1v) is 9.63. The van der Waals surface area contributed by atoms with Gasteiger partial charge < -0.3 is 24.8 Å². The van der Waals surface area contributed by atoms with Gasteiger partial charge in [-0.1, -0.05) is 29.8 Å². The van der Waals surface area contributed by atoms with Gasteiger partial charge in [0.2, 0.25) is 5.75 Å². The molecule has 0 atom stereocenters. The van der Waals surface area contributed by atoms with Crippen LogP contribution in [0.1, 0.15) is 25.0 Å². The number of aliphatic imine (C=N–C) groups is 1. The standard InChI is InChI=1S/C21H28ClN3O3.HI/c1-5-23-21(25-14-16-9-7-8-10-17(16)22)24-13-15-11-18(26-3)20(28-6-2)19(12-15)27-4;/h7-12H,5-6,13-14H2,1-4H3,(H2,23,24,25);1H. The molecule has 2 aromatic rings. The Hall–Kier alpha value is -1.87. The van der Waals surface area contributed by atoms with Gasteiger partial charge in [-0.3, -0.25) is 0 Å². The maximum atomic E-state index is 6.23. The number of benzene rings is 2. The van der Waals surface area contributed by atoms with Gasteiger partial charge in [-0.15, -0.1) is 24.0 Å². The van der Waals surface area contributed by atoms with Crippen LogP contribution in [0, 0.1) is 0 Å². The normalized spacial score (nSPS) is 10.7. The molecule has 8 heteroatoms. The molecule has 0 radical (unpaired) electrons. The quantitative estimate of drug-likeness (QED) is 0.280. The molecule has 160 valence electrons. The van der Waals surface area contributed by atoms with E-state index >= 15 is 0 Å². The fraction of sp³-hybridized carbons (Fsp3) is 0.381. The molecular weight excluding hydrogens is 505 g/mol. The summed E-state index contributed by atoms with van der Waals surface area (Å²) in [4.78, 5) is 4.65. The van der Waals surface area contributed by atoms with Gasteiger partial charge >= 0.3 is 0 Å². The zero-order valence-electron chi connectivity index (χ0n) is 17.3. The highest BCUT2D eigenvalue weighted by atomic mass is 127. The lowest BCUT2D eigenvalue weighted by Crippen LogP contribution is -2.36. The molecule has 0 saturated heterocycles. The minimum absolute atomic E-state index is 0. The van der Waals surface area contributed by atoms with Crippen molar-refractivity contribution >= 4 is 41.5 Å². The minimum atomic E-state index is 0. The molecule has 6 nitrogen and oxygen atoms in total. The van der Waals surface area contributed by atoms with Crippen molar-refractivity contribution in [1.82, 2.24) is 10.6 Å². The highest BCUT2D eigenvalue weighted by molar-refractivity contribution is 14.0. The Morgan fingerprint density at radius 1 is 1.03 bits per heavy atom. The number of halogens is 2. The van der Waals surface area contributed by atoms with E-state index in [1.54, 1.807) is 14.2 Å². The molecule has 0 aliphatic heterocycles. The Kier molecular flexibility index (Phi) is 11.6. The van der Waals surface area contributed by atoms with Crippen LogP contribution in [0.25, 0.3) is 0 Å². The summed E-state index contributed by atoms with van der Waals surface area (Å²) >= 11 is 6.23. The summed E-state index contributed by atoms with van der Waals surface area (Å²) in [5.41, 5.74) is 1.96. The third-order valence-corrected chi connectivity index (χ3v) is 4.35. The smallest absolute Gasteiger partial charge is 0.203 e. The molecule has 0 aliphatic rings. The number of hydrogen-bond donors (Lipinski definition) is 2. The maximum absolute atomic E-state index is 6.23. The van der Waals surface area contributed by atoms with Crippen molar-refractivity contribution in [2.24, 2.45) is 4.99 Å². The van der Waals surface area contributed by atoms with Gasteiger partial charge in [0.05, 0.1) is 27.4 Å². The third kappa shape index (κ3) is 7.47. The molecule has 0 bridgehead atoms. The van der Waals surface area contributed by atoms with E-state index in [0.29, 0.717) is 42.9 Å². The maximum Gasteiger partial charge on any atom is 0.203 e. The van der Waals surface area contributed by atoms with Gasteiger partial charge in [0.25, 0.3) is 0 Å².